The quantitative estimate of drug-likeness (QED) is 0.887. The van der Waals surface area contributed by atoms with Crippen LogP contribution in [-0.2, 0) is 16.0 Å². The summed E-state index contributed by atoms with van der Waals surface area (Å²) in [5, 5.41) is 2.95. The van der Waals surface area contributed by atoms with Crippen LogP contribution in [0.25, 0.3) is 0 Å². The largest absolute Gasteiger partial charge is 0.341 e. The Bertz CT molecular complexity index is 880. The molecular weight excluding hydrogens is 350 g/mol. The Hall–Kier alpha value is -2.69. The normalized spacial score (nSPS) is 21.7. The molecule has 2 amide bonds. The first kappa shape index (κ1) is 18.7. The molecule has 0 bridgehead atoms. The van der Waals surface area contributed by atoms with Gasteiger partial charge >= 0.3 is 0 Å². The van der Waals surface area contributed by atoms with Gasteiger partial charge in [-0.25, -0.2) is 4.98 Å². The molecule has 0 unspecified atom stereocenters. The number of carbonyl (C=O) groups is 2. The number of hydrogen-bond acceptors (Lipinski definition) is 3. The molecule has 1 aromatic heterocycles. The number of piperidine rings is 1. The highest BCUT2D eigenvalue weighted by Gasteiger charge is 2.34. The van der Waals surface area contributed by atoms with Crippen LogP contribution in [0.15, 0.2) is 42.6 Å². The number of nitrogens with one attached hydrogen (secondary N) is 1. The molecule has 2 atom stereocenters. The van der Waals surface area contributed by atoms with E-state index in [1.807, 2.05) is 36.1 Å². The van der Waals surface area contributed by atoms with Gasteiger partial charge in [0.15, 0.2) is 0 Å². The molecule has 1 aliphatic carbocycles. The van der Waals surface area contributed by atoms with E-state index in [-0.39, 0.29) is 23.7 Å². The highest BCUT2D eigenvalue weighted by molar-refractivity contribution is 5.93. The molecule has 146 valence electrons. The molecular formula is C23H27N3O2. The number of pyridine rings is 1. The number of aryl methyl sites for hydroxylation is 2. The zero-order valence-corrected chi connectivity index (χ0v) is 16.4. The van der Waals surface area contributed by atoms with Gasteiger partial charge in [0.05, 0.1) is 11.8 Å². The third-order valence-corrected chi connectivity index (χ3v) is 6.02. The van der Waals surface area contributed by atoms with Crippen molar-refractivity contribution in [2.24, 2.45) is 5.92 Å². The van der Waals surface area contributed by atoms with Gasteiger partial charge in [0, 0.05) is 19.3 Å². The van der Waals surface area contributed by atoms with E-state index in [1.165, 1.54) is 11.1 Å². The van der Waals surface area contributed by atoms with Crippen molar-refractivity contribution < 1.29 is 9.59 Å². The van der Waals surface area contributed by atoms with Crippen molar-refractivity contribution >= 4 is 17.6 Å². The topological polar surface area (TPSA) is 62.3 Å². The lowest BCUT2D eigenvalue weighted by molar-refractivity contribution is -0.136. The minimum absolute atomic E-state index is 0.0386. The molecule has 2 heterocycles. The minimum Gasteiger partial charge on any atom is -0.341 e. The number of aromatic nitrogens is 1. The lowest BCUT2D eigenvalue weighted by Crippen LogP contribution is -2.46. The summed E-state index contributed by atoms with van der Waals surface area (Å²) in [5.74, 6) is 0.502. The number of fused-ring (bicyclic) bond motifs is 1. The van der Waals surface area contributed by atoms with E-state index >= 15 is 0 Å². The van der Waals surface area contributed by atoms with Crippen LogP contribution in [-0.4, -0.2) is 34.8 Å². The summed E-state index contributed by atoms with van der Waals surface area (Å²) in [7, 11) is 0. The van der Waals surface area contributed by atoms with Gasteiger partial charge in [-0.05, 0) is 61.8 Å². The lowest BCUT2D eigenvalue weighted by Gasteiger charge is -2.36. The van der Waals surface area contributed by atoms with Gasteiger partial charge in [0.1, 0.15) is 5.82 Å². The van der Waals surface area contributed by atoms with Gasteiger partial charge in [-0.2, -0.15) is 0 Å². The molecule has 2 aliphatic rings. The second-order valence-corrected chi connectivity index (χ2v) is 7.93. The summed E-state index contributed by atoms with van der Waals surface area (Å²) in [6.07, 6.45) is 6.34. The van der Waals surface area contributed by atoms with E-state index < -0.39 is 0 Å². The van der Waals surface area contributed by atoms with Gasteiger partial charge in [0.25, 0.3) is 0 Å². The summed E-state index contributed by atoms with van der Waals surface area (Å²) in [6, 6.07) is 12.1. The first-order valence-corrected chi connectivity index (χ1v) is 10.2. The van der Waals surface area contributed by atoms with Crippen molar-refractivity contribution in [2.75, 3.05) is 18.4 Å². The molecule has 5 heteroatoms. The van der Waals surface area contributed by atoms with Crippen LogP contribution in [0.3, 0.4) is 0 Å². The summed E-state index contributed by atoms with van der Waals surface area (Å²) >= 11 is 0. The molecule has 0 spiro atoms. The average molecular weight is 377 g/mol. The second-order valence-electron chi connectivity index (χ2n) is 7.93. The molecule has 4 rings (SSSR count). The van der Waals surface area contributed by atoms with Crippen molar-refractivity contribution in [3.63, 3.8) is 0 Å². The van der Waals surface area contributed by atoms with Crippen molar-refractivity contribution in [3.8, 4) is 0 Å². The lowest BCUT2D eigenvalue weighted by atomic mass is 9.81. The summed E-state index contributed by atoms with van der Waals surface area (Å²) in [6.45, 7) is 3.17. The molecule has 2 aromatic rings. The molecule has 5 nitrogen and oxygen atoms in total. The highest BCUT2D eigenvalue weighted by atomic mass is 16.2. The fourth-order valence-electron chi connectivity index (χ4n) is 4.46. The third kappa shape index (κ3) is 3.79. The smallest absolute Gasteiger partial charge is 0.230 e. The maximum Gasteiger partial charge on any atom is 0.230 e. The number of likely N-dealkylation sites (tertiary alicyclic amines) is 1. The molecule has 1 fully saturated rings. The van der Waals surface area contributed by atoms with E-state index in [0.717, 1.165) is 44.2 Å². The van der Waals surface area contributed by atoms with Crippen LogP contribution in [0, 0.1) is 12.8 Å². The van der Waals surface area contributed by atoms with Gasteiger partial charge in [-0.1, -0.05) is 30.3 Å². The maximum atomic E-state index is 13.3. The van der Waals surface area contributed by atoms with Crippen LogP contribution < -0.4 is 5.32 Å². The first-order chi connectivity index (χ1) is 13.6. The average Bonchev–Trinajstić information content (AvgIpc) is 2.74. The maximum absolute atomic E-state index is 13.3. The number of hydrogen-bond donors (Lipinski definition) is 1. The molecule has 1 N–H and O–H groups in total. The van der Waals surface area contributed by atoms with Gasteiger partial charge in [0.2, 0.25) is 11.8 Å². The minimum atomic E-state index is -0.182. The van der Waals surface area contributed by atoms with E-state index in [2.05, 4.69) is 22.4 Å². The van der Waals surface area contributed by atoms with E-state index in [9.17, 15) is 9.59 Å². The SMILES string of the molecule is Cc1cccnc1NC(=O)[C@H]1CCCN(C(=O)[C@H]2CCCc3ccccc32)C1. The molecule has 1 aliphatic heterocycles. The summed E-state index contributed by atoms with van der Waals surface area (Å²) in [5.41, 5.74) is 3.41. The summed E-state index contributed by atoms with van der Waals surface area (Å²) in [4.78, 5) is 32.2. The molecule has 28 heavy (non-hydrogen) atoms. The van der Waals surface area contributed by atoms with E-state index in [1.54, 1.807) is 6.20 Å². The Morgan fingerprint density at radius 3 is 2.82 bits per heavy atom. The van der Waals surface area contributed by atoms with Gasteiger partial charge in [-0.15, -0.1) is 0 Å². The van der Waals surface area contributed by atoms with Crippen molar-refractivity contribution in [1.29, 1.82) is 0 Å². The second kappa shape index (κ2) is 8.13. The number of amides is 2. The van der Waals surface area contributed by atoms with Gasteiger partial charge < -0.3 is 10.2 Å². The third-order valence-electron chi connectivity index (χ3n) is 6.02. The van der Waals surface area contributed by atoms with Gasteiger partial charge in [-0.3, -0.25) is 9.59 Å². The van der Waals surface area contributed by atoms with Crippen molar-refractivity contribution in [2.45, 2.75) is 44.9 Å². The molecule has 1 saturated heterocycles. The number of anilines is 1. The predicted molar refractivity (Wildman–Crippen MR) is 109 cm³/mol. The van der Waals surface area contributed by atoms with Crippen LogP contribution in [0.2, 0.25) is 0 Å². The Labute approximate surface area is 166 Å². The molecule has 0 saturated carbocycles. The van der Waals surface area contributed by atoms with E-state index in [4.69, 9.17) is 0 Å². The monoisotopic (exact) mass is 377 g/mol. The Morgan fingerprint density at radius 1 is 1.11 bits per heavy atom. The molecule has 1 aromatic carbocycles. The van der Waals surface area contributed by atoms with Crippen LogP contribution in [0.4, 0.5) is 5.82 Å². The molecule has 0 radical (unpaired) electrons. The van der Waals surface area contributed by atoms with Crippen LogP contribution >= 0.6 is 0 Å². The fourth-order valence-corrected chi connectivity index (χ4v) is 4.46. The van der Waals surface area contributed by atoms with Crippen LogP contribution in [0.1, 0.15) is 48.3 Å². The van der Waals surface area contributed by atoms with Crippen molar-refractivity contribution in [3.05, 3.63) is 59.3 Å². The Balaban J connectivity index is 1.45. The standard InChI is InChI=1S/C23H27N3O2/c1-16-7-5-13-24-21(16)25-22(27)18-10-6-14-26(15-18)23(28)20-12-4-9-17-8-2-3-11-19(17)20/h2-3,5,7-8,11,13,18,20H,4,6,9-10,12,14-15H2,1H3,(H,24,25,27)/t18-,20-/m0/s1. The Kier molecular flexibility index (Phi) is 5.42. The number of rotatable bonds is 3. The first-order valence-electron chi connectivity index (χ1n) is 10.2. The zero-order chi connectivity index (χ0) is 19.5. The number of nitrogens with zero attached hydrogens (tertiary/aromatic N) is 2. The number of benzene rings is 1. The number of carbonyl (C=O) groups excluding carboxylic acids is 2. The van der Waals surface area contributed by atoms with Crippen LogP contribution in [0.5, 0.6) is 0 Å². The zero-order valence-electron chi connectivity index (χ0n) is 16.4. The Morgan fingerprint density at radius 2 is 1.96 bits per heavy atom. The summed E-state index contributed by atoms with van der Waals surface area (Å²) < 4.78 is 0. The fraction of sp³-hybridized carbons (Fsp3) is 0.435. The van der Waals surface area contributed by atoms with E-state index in [0.29, 0.717) is 12.4 Å². The van der Waals surface area contributed by atoms with Crippen molar-refractivity contribution in [1.82, 2.24) is 9.88 Å². The highest BCUT2D eigenvalue weighted by Crippen LogP contribution is 2.34. The predicted octanol–water partition coefficient (Wildman–Crippen LogP) is 3.69.